The minimum absolute atomic E-state index is 0.0972. The zero-order chi connectivity index (χ0) is 20.3. The van der Waals surface area contributed by atoms with Gasteiger partial charge >= 0.3 is 5.97 Å². The molecule has 0 saturated heterocycles. The fraction of sp³-hybridized carbons (Fsp3) is 0.733. The summed E-state index contributed by atoms with van der Waals surface area (Å²) in [6, 6.07) is -3.30. The first-order valence-corrected chi connectivity index (χ1v) is 8.39. The highest BCUT2D eigenvalue weighted by molar-refractivity contribution is 5.91. The molecule has 0 heterocycles. The van der Waals surface area contributed by atoms with Gasteiger partial charge in [-0.25, -0.2) is 4.79 Å². The topological polar surface area (TPSA) is 206 Å². The molecule has 0 rings (SSSR count). The minimum Gasteiger partial charge on any atom is -0.480 e. The number of carboxylic acid groups (broad SMARTS) is 1. The number of rotatable bonds is 12. The molecule has 11 heteroatoms. The SMILES string of the molecule is CCC(C)C(NC(=O)C(CCCN=C(N)N)NC(=O)C(N)CO)C(=O)O. The largest absolute Gasteiger partial charge is 0.480 e. The van der Waals surface area contributed by atoms with Crippen molar-refractivity contribution in [2.24, 2.45) is 28.1 Å². The van der Waals surface area contributed by atoms with Crippen molar-refractivity contribution < 1.29 is 24.6 Å². The summed E-state index contributed by atoms with van der Waals surface area (Å²) in [7, 11) is 0. The van der Waals surface area contributed by atoms with Gasteiger partial charge in [-0.15, -0.1) is 0 Å². The number of carbonyl (C=O) groups is 3. The summed E-state index contributed by atoms with van der Waals surface area (Å²) in [5.74, 6) is -2.93. The summed E-state index contributed by atoms with van der Waals surface area (Å²) in [4.78, 5) is 39.5. The number of aliphatic hydroxyl groups is 1. The zero-order valence-electron chi connectivity index (χ0n) is 15.1. The van der Waals surface area contributed by atoms with E-state index in [-0.39, 0.29) is 24.8 Å². The number of hydrogen-bond donors (Lipinski definition) is 7. The van der Waals surface area contributed by atoms with Crippen LogP contribution in [0.15, 0.2) is 4.99 Å². The van der Waals surface area contributed by atoms with Gasteiger partial charge in [-0.3, -0.25) is 14.6 Å². The van der Waals surface area contributed by atoms with Crippen LogP contribution in [0.4, 0.5) is 0 Å². The Morgan fingerprint density at radius 2 is 1.77 bits per heavy atom. The second-order valence-electron chi connectivity index (χ2n) is 6.01. The fourth-order valence-electron chi connectivity index (χ4n) is 2.07. The molecule has 0 fully saturated rings. The average Bonchev–Trinajstić information content (AvgIpc) is 2.59. The van der Waals surface area contributed by atoms with E-state index in [9.17, 15) is 19.5 Å². The van der Waals surface area contributed by atoms with Crippen molar-refractivity contribution in [2.75, 3.05) is 13.2 Å². The number of nitrogens with two attached hydrogens (primary N) is 3. The van der Waals surface area contributed by atoms with Gasteiger partial charge in [0.15, 0.2) is 5.96 Å². The van der Waals surface area contributed by atoms with Gasteiger partial charge in [-0.05, 0) is 18.8 Å². The smallest absolute Gasteiger partial charge is 0.326 e. The number of hydrogen-bond acceptors (Lipinski definition) is 6. The Labute approximate surface area is 152 Å². The number of aliphatic imine (C=N–C) groups is 1. The number of aliphatic carboxylic acids is 1. The van der Waals surface area contributed by atoms with Gasteiger partial charge in [-0.1, -0.05) is 20.3 Å². The molecular weight excluding hydrogens is 344 g/mol. The summed E-state index contributed by atoms with van der Waals surface area (Å²) in [5.41, 5.74) is 15.9. The Hall–Kier alpha value is -2.40. The number of aliphatic hydroxyl groups excluding tert-OH is 1. The fourth-order valence-corrected chi connectivity index (χ4v) is 2.07. The van der Waals surface area contributed by atoms with Crippen molar-refractivity contribution in [2.45, 2.75) is 51.2 Å². The maximum atomic E-state index is 12.5. The highest BCUT2D eigenvalue weighted by Gasteiger charge is 2.30. The normalized spacial score (nSPS) is 15.2. The van der Waals surface area contributed by atoms with Gasteiger partial charge in [0.2, 0.25) is 11.8 Å². The molecule has 0 spiro atoms. The van der Waals surface area contributed by atoms with Crippen molar-refractivity contribution in [1.29, 1.82) is 0 Å². The van der Waals surface area contributed by atoms with Gasteiger partial charge < -0.3 is 38.0 Å². The van der Waals surface area contributed by atoms with Crippen LogP contribution in [0.25, 0.3) is 0 Å². The lowest BCUT2D eigenvalue weighted by molar-refractivity contribution is -0.143. The molecule has 2 amide bonds. The van der Waals surface area contributed by atoms with E-state index in [1.54, 1.807) is 6.92 Å². The van der Waals surface area contributed by atoms with E-state index in [0.717, 1.165) is 0 Å². The van der Waals surface area contributed by atoms with Crippen molar-refractivity contribution in [3.8, 4) is 0 Å². The first-order chi connectivity index (χ1) is 12.1. The molecule has 11 nitrogen and oxygen atoms in total. The highest BCUT2D eigenvalue weighted by Crippen LogP contribution is 2.09. The molecule has 10 N–H and O–H groups in total. The maximum Gasteiger partial charge on any atom is 0.326 e. The van der Waals surface area contributed by atoms with E-state index in [2.05, 4.69) is 15.6 Å². The third-order valence-corrected chi connectivity index (χ3v) is 3.89. The van der Waals surface area contributed by atoms with Crippen molar-refractivity contribution in [1.82, 2.24) is 10.6 Å². The van der Waals surface area contributed by atoms with Crippen LogP contribution >= 0.6 is 0 Å². The Morgan fingerprint density at radius 1 is 1.15 bits per heavy atom. The Bertz CT molecular complexity index is 509. The predicted molar refractivity (Wildman–Crippen MR) is 95.9 cm³/mol. The van der Waals surface area contributed by atoms with Gasteiger partial charge in [0.05, 0.1) is 6.61 Å². The Kier molecular flexibility index (Phi) is 10.9. The van der Waals surface area contributed by atoms with Crippen LogP contribution in [-0.2, 0) is 14.4 Å². The van der Waals surface area contributed by atoms with E-state index in [0.29, 0.717) is 12.8 Å². The Balaban J connectivity index is 5.09. The van der Waals surface area contributed by atoms with Crippen LogP contribution < -0.4 is 27.8 Å². The molecule has 0 saturated carbocycles. The highest BCUT2D eigenvalue weighted by atomic mass is 16.4. The average molecular weight is 374 g/mol. The third-order valence-electron chi connectivity index (χ3n) is 3.89. The first kappa shape index (κ1) is 23.6. The van der Waals surface area contributed by atoms with Crippen LogP contribution in [0, 0.1) is 5.92 Å². The molecule has 26 heavy (non-hydrogen) atoms. The van der Waals surface area contributed by atoms with E-state index >= 15 is 0 Å². The molecule has 0 aliphatic carbocycles. The third kappa shape index (κ3) is 8.62. The number of nitrogens with zero attached hydrogens (tertiary/aromatic N) is 1. The molecule has 0 aromatic heterocycles. The molecular formula is C15H30N6O5. The van der Waals surface area contributed by atoms with Gasteiger partial charge in [0, 0.05) is 6.54 Å². The molecule has 0 bridgehead atoms. The molecule has 0 aromatic carbocycles. The van der Waals surface area contributed by atoms with Crippen LogP contribution in [0.5, 0.6) is 0 Å². The monoisotopic (exact) mass is 374 g/mol. The zero-order valence-corrected chi connectivity index (χ0v) is 15.1. The van der Waals surface area contributed by atoms with Gasteiger partial charge in [-0.2, -0.15) is 0 Å². The van der Waals surface area contributed by atoms with Crippen molar-refractivity contribution in [3.05, 3.63) is 0 Å². The van der Waals surface area contributed by atoms with E-state index in [1.165, 1.54) is 0 Å². The molecule has 4 atom stereocenters. The summed E-state index contributed by atoms with van der Waals surface area (Å²) in [6.45, 7) is 3.16. The Morgan fingerprint density at radius 3 is 2.23 bits per heavy atom. The quantitative estimate of drug-likeness (QED) is 0.110. The first-order valence-electron chi connectivity index (χ1n) is 8.39. The molecule has 4 unspecified atom stereocenters. The van der Waals surface area contributed by atoms with Crippen LogP contribution in [0.1, 0.15) is 33.1 Å². The molecule has 0 aromatic rings. The lowest BCUT2D eigenvalue weighted by Crippen LogP contribution is -2.56. The lowest BCUT2D eigenvalue weighted by atomic mass is 9.98. The molecule has 0 aliphatic heterocycles. The number of amides is 2. The number of carbonyl (C=O) groups excluding carboxylic acids is 2. The van der Waals surface area contributed by atoms with Crippen LogP contribution in [0.2, 0.25) is 0 Å². The molecule has 0 aliphatic rings. The number of carboxylic acids is 1. The van der Waals surface area contributed by atoms with Gasteiger partial charge in [0.25, 0.3) is 0 Å². The lowest BCUT2D eigenvalue weighted by Gasteiger charge is -2.25. The van der Waals surface area contributed by atoms with Crippen LogP contribution in [0.3, 0.4) is 0 Å². The van der Waals surface area contributed by atoms with Gasteiger partial charge in [0.1, 0.15) is 18.1 Å². The van der Waals surface area contributed by atoms with Crippen molar-refractivity contribution in [3.63, 3.8) is 0 Å². The summed E-state index contributed by atoms with van der Waals surface area (Å²) in [5, 5.41) is 23.1. The van der Waals surface area contributed by atoms with E-state index < -0.39 is 42.5 Å². The van der Waals surface area contributed by atoms with E-state index in [4.69, 9.17) is 22.3 Å². The predicted octanol–water partition coefficient (Wildman–Crippen LogP) is -2.54. The second kappa shape index (κ2) is 12.0. The maximum absolute atomic E-state index is 12.5. The second-order valence-corrected chi connectivity index (χ2v) is 6.01. The summed E-state index contributed by atoms with van der Waals surface area (Å²) < 4.78 is 0. The minimum atomic E-state index is -1.19. The van der Waals surface area contributed by atoms with Crippen molar-refractivity contribution >= 4 is 23.7 Å². The summed E-state index contributed by atoms with van der Waals surface area (Å²) >= 11 is 0. The molecule has 150 valence electrons. The van der Waals surface area contributed by atoms with Crippen LogP contribution in [-0.4, -0.2) is 65.2 Å². The summed E-state index contributed by atoms with van der Waals surface area (Å²) in [6.07, 6.45) is 1.08. The number of nitrogens with one attached hydrogen (secondary N) is 2. The molecule has 0 radical (unpaired) electrons. The standard InChI is InChI=1S/C15H30N6O5/c1-3-8(2)11(14(25)26)21-13(24)10(5-4-6-19-15(17)18)20-12(23)9(16)7-22/h8-11,22H,3-7,16H2,1-2H3,(H,20,23)(H,21,24)(H,25,26)(H4,17,18,19). The van der Waals surface area contributed by atoms with E-state index in [1.807, 2.05) is 6.92 Å². The number of guanidine groups is 1.